The number of rotatable bonds is 12. The Hall–Kier alpha value is -0.825. The lowest BCUT2D eigenvalue weighted by Gasteiger charge is -2.27. The Morgan fingerprint density at radius 3 is 2.26 bits per heavy atom. The highest BCUT2D eigenvalue weighted by Crippen LogP contribution is 2.21. The second-order valence-corrected chi connectivity index (χ2v) is 7.05. The monoisotopic (exact) mass is 422 g/mol. The smallest absolute Gasteiger partial charge is 0.451 e. The maximum absolute atomic E-state index is 11.3. The summed E-state index contributed by atoms with van der Waals surface area (Å²) in [5.41, 5.74) is 7.08. The SMILES string of the molecule is CC(CCB(O)O)CCC(CN(C)Cc1ccccc1)C(N)C(=O)O.Cl.Cl. The molecule has 1 aromatic carbocycles. The average molecular weight is 423 g/mol. The van der Waals surface area contributed by atoms with Crippen molar-refractivity contribution < 1.29 is 19.9 Å². The van der Waals surface area contributed by atoms with E-state index in [0.717, 1.165) is 13.0 Å². The van der Waals surface area contributed by atoms with Crippen LogP contribution in [0.5, 0.6) is 0 Å². The van der Waals surface area contributed by atoms with Gasteiger partial charge in [0.25, 0.3) is 0 Å². The average Bonchev–Trinajstić information content (AvgIpc) is 2.56. The molecule has 5 N–H and O–H groups in total. The molecule has 0 heterocycles. The summed E-state index contributed by atoms with van der Waals surface area (Å²) in [6.07, 6.45) is 2.56. The van der Waals surface area contributed by atoms with E-state index in [1.165, 1.54) is 5.56 Å². The number of nitrogens with zero attached hydrogens (tertiary/aromatic N) is 1. The summed E-state index contributed by atoms with van der Waals surface area (Å²) in [7, 11) is 0.691. The van der Waals surface area contributed by atoms with Crippen molar-refractivity contribution in [3.8, 4) is 0 Å². The number of hydrogen-bond donors (Lipinski definition) is 4. The van der Waals surface area contributed by atoms with Crippen LogP contribution in [0, 0.1) is 11.8 Å². The van der Waals surface area contributed by atoms with Crippen LogP contribution in [0.2, 0.25) is 6.32 Å². The first kappa shape index (κ1) is 28.4. The second-order valence-electron chi connectivity index (χ2n) is 7.05. The van der Waals surface area contributed by atoms with E-state index in [0.29, 0.717) is 31.6 Å². The van der Waals surface area contributed by atoms with Gasteiger partial charge in [0.15, 0.2) is 0 Å². The van der Waals surface area contributed by atoms with E-state index in [2.05, 4.69) is 4.90 Å². The highest BCUT2D eigenvalue weighted by Gasteiger charge is 2.26. The topological polar surface area (TPSA) is 107 Å². The third-order valence-electron chi connectivity index (χ3n) is 4.58. The number of benzene rings is 1. The van der Waals surface area contributed by atoms with Gasteiger partial charge < -0.3 is 25.8 Å². The molecule has 0 radical (unpaired) electrons. The van der Waals surface area contributed by atoms with Gasteiger partial charge >= 0.3 is 13.1 Å². The Bertz CT molecular complexity index is 511. The fourth-order valence-electron chi connectivity index (χ4n) is 3.02. The Balaban J connectivity index is 0. The molecular formula is C18H33BCl2N2O4. The zero-order chi connectivity index (χ0) is 18.8. The molecule has 1 rings (SSSR count). The first-order chi connectivity index (χ1) is 11.8. The lowest BCUT2D eigenvalue weighted by Crippen LogP contribution is -2.43. The molecule has 27 heavy (non-hydrogen) atoms. The standard InChI is InChI=1S/C18H31BN2O4.2ClH/c1-14(10-11-19(24)25)8-9-16(17(20)18(22)23)13-21(2)12-15-6-4-3-5-7-15;;/h3-7,14,16-17,24-25H,8-13,20H2,1-2H3,(H,22,23);2*1H. The molecule has 0 spiro atoms. The summed E-state index contributed by atoms with van der Waals surface area (Å²) in [6, 6.07) is 9.14. The molecule has 3 unspecified atom stereocenters. The quantitative estimate of drug-likeness (QED) is 0.385. The lowest BCUT2D eigenvalue weighted by atomic mass is 9.79. The van der Waals surface area contributed by atoms with Crippen molar-refractivity contribution >= 4 is 37.9 Å². The molecule has 0 bridgehead atoms. The fourth-order valence-corrected chi connectivity index (χ4v) is 3.02. The summed E-state index contributed by atoms with van der Waals surface area (Å²) in [5, 5.41) is 27.2. The Morgan fingerprint density at radius 2 is 1.74 bits per heavy atom. The molecule has 6 nitrogen and oxygen atoms in total. The number of aliphatic carboxylic acids is 1. The van der Waals surface area contributed by atoms with Crippen molar-refractivity contribution in [1.82, 2.24) is 4.90 Å². The molecule has 156 valence electrons. The van der Waals surface area contributed by atoms with Crippen LogP contribution in [0.15, 0.2) is 30.3 Å². The molecule has 1 aromatic rings. The zero-order valence-electron chi connectivity index (χ0n) is 16.0. The second kappa shape index (κ2) is 15.1. The van der Waals surface area contributed by atoms with Crippen LogP contribution in [-0.2, 0) is 11.3 Å². The predicted molar refractivity (Wildman–Crippen MR) is 114 cm³/mol. The van der Waals surface area contributed by atoms with Crippen LogP contribution in [0.4, 0.5) is 0 Å². The summed E-state index contributed by atoms with van der Waals surface area (Å²) >= 11 is 0. The third-order valence-corrected chi connectivity index (χ3v) is 4.58. The predicted octanol–water partition coefficient (Wildman–Crippen LogP) is 2.27. The van der Waals surface area contributed by atoms with Gasteiger partial charge in [0.05, 0.1) is 0 Å². The van der Waals surface area contributed by atoms with Crippen LogP contribution in [0.25, 0.3) is 0 Å². The summed E-state index contributed by atoms with van der Waals surface area (Å²) in [6.45, 7) is 3.40. The van der Waals surface area contributed by atoms with Gasteiger partial charge in [0.2, 0.25) is 0 Å². The summed E-state index contributed by atoms with van der Waals surface area (Å²) in [4.78, 5) is 13.4. The minimum Gasteiger partial charge on any atom is -0.480 e. The maximum atomic E-state index is 11.3. The van der Waals surface area contributed by atoms with E-state index in [-0.39, 0.29) is 30.7 Å². The first-order valence-corrected chi connectivity index (χ1v) is 8.86. The molecule has 0 aliphatic carbocycles. The minimum atomic E-state index is -1.28. The Morgan fingerprint density at radius 1 is 1.15 bits per heavy atom. The molecule has 9 heteroatoms. The molecule has 3 atom stereocenters. The molecule has 0 aliphatic heterocycles. The highest BCUT2D eigenvalue weighted by molar-refractivity contribution is 6.40. The zero-order valence-corrected chi connectivity index (χ0v) is 17.7. The minimum absolute atomic E-state index is 0. The van der Waals surface area contributed by atoms with Gasteiger partial charge in [-0.2, -0.15) is 0 Å². The van der Waals surface area contributed by atoms with Crippen LogP contribution in [0.3, 0.4) is 0 Å². The van der Waals surface area contributed by atoms with Crippen LogP contribution in [0.1, 0.15) is 31.7 Å². The number of halogens is 2. The number of hydrogen-bond acceptors (Lipinski definition) is 5. The number of carboxylic acid groups (broad SMARTS) is 1. The van der Waals surface area contributed by atoms with Crippen LogP contribution >= 0.6 is 24.8 Å². The highest BCUT2D eigenvalue weighted by atomic mass is 35.5. The van der Waals surface area contributed by atoms with E-state index in [9.17, 15) is 9.90 Å². The molecule has 0 aromatic heterocycles. The van der Waals surface area contributed by atoms with Crippen molar-refractivity contribution in [1.29, 1.82) is 0 Å². The van der Waals surface area contributed by atoms with E-state index in [1.54, 1.807) is 0 Å². The molecule has 0 aliphatic rings. The first-order valence-electron chi connectivity index (χ1n) is 8.86. The van der Waals surface area contributed by atoms with Gasteiger partial charge in [0, 0.05) is 13.1 Å². The number of nitrogens with two attached hydrogens (primary N) is 1. The Labute approximate surface area is 175 Å². The van der Waals surface area contributed by atoms with Gasteiger partial charge in [-0.3, -0.25) is 4.79 Å². The molecule has 0 saturated carbocycles. The van der Waals surface area contributed by atoms with E-state index >= 15 is 0 Å². The van der Waals surface area contributed by atoms with Gasteiger partial charge in [-0.1, -0.05) is 50.1 Å². The fraction of sp³-hybridized carbons (Fsp3) is 0.611. The largest absolute Gasteiger partial charge is 0.480 e. The van der Waals surface area contributed by atoms with E-state index in [4.69, 9.17) is 15.8 Å². The lowest BCUT2D eigenvalue weighted by molar-refractivity contribution is -0.140. The van der Waals surface area contributed by atoms with Crippen molar-refractivity contribution in [3.05, 3.63) is 35.9 Å². The van der Waals surface area contributed by atoms with E-state index < -0.39 is 19.1 Å². The van der Waals surface area contributed by atoms with Crippen LogP contribution < -0.4 is 5.73 Å². The molecule has 0 amide bonds. The van der Waals surface area contributed by atoms with Crippen molar-refractivity contribution in [2.45, 2.75) is 45.1 Å². The third kappa shape index (κ3) is 12.3. The van der Waals surface area contributed by atoms with Gasteiger partial charge in [-0.15, -0.1) is 24.8 Å². The normalized spacial score (nSPS) is 13.9. The van der Waals surface area contributed by atoms with Gasteiger partial charge in [-0.05, 0) is 37.2 Å². The summed E-state index contributed by atoms with van der Waals surface area (Å²) in [5.74, 6) is -0.825. The van der Waals surface area contributed by atoms with Gasteiger partial charge in [0.1, 0.15) is 6.04 Å². The summed E-state index contributed by atoms with van der Waals surface area (Å²) < 4.78 is 0. The van der Waals surface area contributed by atoms with E-state index in [1.807, 2.05) is 44.3 Å². The number of carbonyl (C=O) groups is 1. The number of carboxylic acids is 1. The van der Waals surface area contributed by atoms with Crippen molar-refractivity contribution in [2.24, 2.45) is 17.6 Å². The van der Waals surface area contributed by atoms with Crippen molar-refractivity contribution in [2.75, 3.05) is 13.6 Å². The Kier molecular flexibility index (Phi) is 15.9. The van der Waals surface area contributed by atoms with Gasteiger partial charge in [-0.25, -0.2) is 0 Å². The van der Waals surface area contributed by atoms with Crippen molar-refractivity contribution in [3.63, 3.8) is 0 Å². The molecule has 0 fully saturated rings. The maximum Gasteiger partial charge on any atom is 0.451 e. The van der Waals surface area contributed by atoms with Crippen LogP contribution in [-0.4, -0.2) is 52.8 Å². The molecule has 0 saturated heterocycles. The molecular weight excluding hydrogens is 390 g/mol.